The van der Waals surface area contributed by atoms with Crippen LogP contribution in [-0.4, -0.2) is 31.8 Å². The van der Waals surface area contributed by atoms with Gasteiger partial charge in [0.25, 0.3) is 0 Å². The molecule has 1 fully saturated rings. The number of halogens is 2. The molecular weight excluding hydrogens is 407 g/mol. The lowest BCUT2D eigenvalue weighted by molar-refractivity contribution is -0.124. The minimum absolute atomic E-state index is 0. The highest BCUT2D eigenvalue weighted by atomic mass is 35.5. The number of hydrogen-bond acceptors (Lipinski definition) is 5. The van der Waals surface area contributed by atoms with Gasteiger partial charge in [0.2, 0.25) is 5.91 Å². The van der Waals surface area contributed by atoms with Gasteiger partial charge in [-0.15, -0.1) is 12.4 Å². The Bertz CT molecular complexity index is 781. The highest BCUT2D eigenvalue weighted by Crippen LogP contribution is 2.35. The van der Waals surface area contributed by atoms with Crippen LogP contribution in [-0.2, 0) is 9.53 Å². The zero-order valence-corrected chi connectivity index (χ0v) is 17.3. The quantitative estimate of drug-likeness (QED) is 0.739. The van der Waals surface area contributed by atoms with E-state index in [4.69, 9.17) is 26.8 Å². The molecule has 1 heterocycles. The van der Waals surface area contributed by atoms with Crippen molar-refractivity contribution in [1.29, 1.82) is 0 Å². The van der Waals surface area contributed by atoms with Gasteiger partial charge in [0.05, 0.1) is 12.1 Å². The number of anilines is 1. The molecule has 0 unspecified atom stereocenters. The third-order valence-electron chi connectivity index (χ3n) is 4.31. The summed E-state index contributed by atoms with van der Waals surface area (Å²) in [6.07, 6.45) is 1.02. The van der Waals surface area contributed by atoms with E-state index < -0.39 is 5.54 Å². The summed E-state index contributed by atoms with van der Waals surface area (Å²) < 4.78 is 10.4. The monoisotopic (exact) mass is 428 g/mol. The Morgan fingerprint density at radius 2 is 1.89 bits per heavy atom. The number of carbonyl (C=O) groups is 1. The number of rotatable bonds is 5. The van der Waals surface area contributed by atoms with Crippen molar-refractivity contribution in [3.8, 4) is 5.75 Å². The van der Waals surface area contributed by atoms with E-state index in [1.54, 1.807) is 24.9 Å². The Morgan fingerprint density at radius 1 is 1.22 bits per heavy atom. The minimum atomic E-state index is -0.888. The van der Waals surface area contributed by atoms with E-state index in [2.05, 4.69) is 5.32 Å². The van der Waals surface area contributed by atoms with Crippen LogP contribution in [0.1, 0.15) is 12.8 Å². The fraction of sp³-hybridized carbons (Fsp3) is 0.316. The fourth-order valence-electron chi connectivity index (χ4n) is 2.65. The number of benzene rings is 2. The molecule has 2 aromatic carbocycles. The largest absolute Gasteiger partial charge is 0.497 e. The first-order valence-corrected chi connectivity index (χ1v) is 9.49. The van der Waals surface area contributed by atoms with Gasteiger partial charge in [-0.2, -0.15) is 0 Å². The molecule has 1 aliphatic heterocycles. The Balaban J connectivity index is 0.00000261. The lowest BCUT2D eigenvalue weighted by Gasteiger charge is -2.31. The number of hydrogen-bond donors (Lipinski definition) is 2. The highest BCUT2D eigenvalue weighted by molar-refractivity contribution is 7.99. The van der Waals surface area contributed by atoms with Crippen molar-refractivity contribution in [1.82, 2.24) is 0 Å². The maximum Gasteiger partial charge on any atom is 0.244 e. The summed E-state index contributed by atoms with van der Waals surface area (Å²) in [4.78, 5) is 14.4. The zero-order chi connectivity index (χ0) is 18.6. The number of nitrogens with two attached hydrogens (primary N) is 1. The van der Waals surface area contributed by atoms with Gasteiger partial charge in [0.15, 0.2) is 0 Å². The Hall–Kier alpha value is -1.44. The van der Waals surface area contributed by atoms with Crippen molar-refractivity contribution in [2.24, 2.45) is 5.73 Å². The first kappa shape index (κ1) is 21.9. The molecule has 146 valence electrons. The predicted octanol–water partition coefficient (Wildman–Crippen LogP) is 4.37. The second kappa shape index (κ2) is 9.66. The molecule has 3 N–H and O–H groups in total. The van der Waals surface area contributed by atoms with E-state index in [0.717, 1.165) is 15.5 Å². The normalized spacial score (nSPS) is 15.5. The summed E-state index contributed by atoms with van der Waals surface area (Å²) in [5.74, 6) is 0.606. The molecule has 0 bridgehead atoms. The number of carbonyl (C=O) groups excluding carboxylic acids is 1. The molecule has 0 aliphatic carbocycles. The summed E-state index contributed by atoms with van der Waals surface area (Å²) >= 11 is 7.94. The molecule has 0 saturated carbocycles. The first-order chi connectivity index (χ1) is 12.5. The molecule has 0 aromatic heterocycles. The van der Waals surface area contributed by atoms with Gasteiger partial charge in [0, 0.05) is 28.7 Å². The maximum absolute atomic E-state index is 12.5. The third kappa shape index (κ3) is 5.53. The van der Waals surface area contributed by atoms with Crippen molar-refractivity contribution in [2.75, 3.05) is 25.6 Å². The molecule has 8 heteroatoms. The molecule has 27 heavy (non-hydrogen) atoms. The van der Waals surface area contributed by atoms with Gasteiger partial charge < -0.3 is 20.5 Å². The summed E-state index contributed by atoms with van der Waals surface area (Å²) in [6.45, 7) is 1.00. The average Bonchev–Trinajstić information content (AvgIpc) is 2.65. The van der Waals surface area contributed by atoms with Crippen LogP contribution in [0.3, 0.4) is 0 Å². The maximum atomic E-state index is 12.5. The van der Waals surface area contributed by atoms with Crippen molar-refractivity contribution >= 4 is 47.4 Å². The van der Waals surface area contributed by atoms with Crippen LogP contribution in [0.4, 0.5) is 5.69 Å². The molecule has 3 rings (SSSR count). The first-order valence-electron chi connectivity index (χ1n) is 8.30. The Morgan fingerprint density at radius 3 is 2.48 bits per heavy atom. The molecule has 1 saturated heterocycles. The van der Waals surface area contributed by atoms with Crippen LogP contribution in [0.25, 0.3) is 0 Å². The van der Waals surface area contributed by atoms with Crippen LogP contribution in [0.2, 0.25) is 5.02 Å². The number of ether oxygens (including phenoxy) is 2. The molecule has 0 spiro atoms. The van der Waals surface area contributed by atoms with Gasteiger partial charge in [-0.3, -0.25) is 4.79 Å². The standard InChI is InChI=1S/C19H21ClN2O3S.ClH/c1-24-14-3-5-15(6-4-14)26-17-7-2-13(12-16(17)20)22-18(23)19(21)8-10-25-11-9-19;/h2-7,12H,8-11,21H2,1H3,(H,22,23);1H. The van der Waals surface area contributed by atoms with Crippen LogP contribution in [0.15, 0.2) is 52.3 Å². The van der Waals surface area contributed by atoms with Crippen LogP contribution in [0, 0.1) is 0 Å². The lowest BCUT2D eigenvalue weighted by Crippen LogP contribution is -2.54. The van der Waals surface area contributed by atoms with Gasteiger partial charge in [-0.1, -0.05) is 23.4 Å². The van der Waals surface area contributed by atoms with Crippen LogP contribution in [0.5, 0.6) is 5.75 Å². The molecule has 5 nitrogen and oxygen atoms in total. The topological polar surface area (TPSA) is 73.6 Å². The summed E-state index contributed by atoms with van der Waals surface area (Å²) in [5, 5.41) is 3.44. The Kier molecular flexibility index (Phi) is 7.82. The van der Waals surface area contributed by atoms with Gasteiger partial charge in [-0.25, -0.2) is 0 Å². The molecule has 1 aliphatic rings. The third-order valence-corrected chi connectivity index (χ3v) is 5.82. The number of amides is 1. The van der Waals surface area contributed by atoms with Crippen LogP contribution >= 0.6 is 35.8 Å². The second-order valence-electron chi connectivity index (χ2n) is 6.15. The fourth-order valence-corrected chi connectivity index (χ4v) is 3.77. The molecular formula is C19H22Cl2N2O3S. The second-order valence-corrected chi connectivity index (χ2v) is 7.67. The van der Waals surface area contributed by atoms with Gasteiger partial charge in [0.1, 0.15) is 11.3 Å². The van der Waals surface area contributed by atoms with Crippen molar-refractivity contribution in [3.05, 3.63) is 47.5 Å². The average molecular weight is 429 g/mol. The molecule has 0 atom stereocenters. The molecule has 0 radical (unpaired) electrons. The van der Waals surface area contributed by atoms with E-state index in [9.17, 15) is 4.79 Å². The van der Waals surface area contributed by atoms with E-state index in [0.29, 0.717) is 36.8 Å². The Labute approximate surface area is 174 Å². The van der Waals surface area contributed by atoms with Crippen molar-refractivity contribution in [3.63, 3.8) is 0 Å². The molecule has 2 aromatic rings. The van der Waals surface area contributed by atoms with Crippen molar-refractivity contribution < 1.29 is 14.3 Å². The van der Waals surface area contributed by atoms with Crippen LogP contribution < -0.4 is 15.8 Å². The van der Waals surface area contributed by atoms with Gasteiger partial charge in [-0.05, 0) is 55.3 Å². The number of methoxy groups -OCH3 is 1. The number of nitrogens with one attached hydrogen (secondary N) is 1. The summed E-state index contributed by atoms with van der Waals surface area (Å²) in [5.41, 5.74) is 5.95. The highest BCUT2D eigenvalue weighted by Gasteiger charge is 2.35. The van der Waals surface area contributed by atoms with E-state index in [-0.39, 0.29) is 18.3 Å². The summed E-state index contributed by atoms with van der Waals surface area (Å²) in [6, 6.07) is 13.2. The predicted molar refractivity (Wildman–Crippen MR) is 111 cm³/mol. The minimum Gasteiger partial charge on any atom is -0.497 e. The van der Waals surface area contributed by atoms with E-state index in [1.807, 2.05) is 36.4 Å². The van der Waals surface area contributed by atoms with Crippen molar-refractivity contribution in [2.45, 2.75) is 28.2 Å². The summed E-state index contributed by atoms with van der Waals surface area (Å²) in [7, 11) is 1.64. The molecule has 1 amide bonds. The van der Waals surface area contributed by atoms with E-state index in [1.165, 1.54) is 0 Å². The SMILES string of the molecule is COc1ccc(Sc2ccc(NC(=O)C3(N)CCOCC3)cc2Cl)cc1.Cl. The zero-order valence-electron chi connectivity index (χ0n) is 14.9. The smallest absolute Gasteiger partial charge is 0.244 e. The van der Waals surface area contributed by atoms with E-state index >= 15 is 0 Å². The van der Waals surface area contributed by atoms with Gasteiger partial charge >= 0.3 is 0 Å². The lowest BCUT2D eigenvalue weighted by atomic mass is 9.90.